The van der Waals surface area contributed by atoms with Crippen LogP contribution >= 0.6 is 0 Å². The number of ether oxygens (including phenoxy) is 1. The van der Waals surface area contributed by atoms with Gasteiger partial charge in [0.1, 0.15) is 5.75 Å². The van der Waals surface area contributed by atoms with Crippen LogP contribution in [0.2, 0.25) is 0 Å². The van der Waals surface area contributed by atoms with Crippen molar-refractivity contribution in [1.82, 2.24) is 20.6 Å². The van der Waals surface area contributed by atoms with Crippen LogP contribution in [0.15, 0.2) is 12.1 Å². The molecule has 1 heterocycles. The summed E-state index contributed by atoms with van der Waals surface area (Å²) in [6.45, 7) is 3.99. The minimum Gasteiger partial charge on any atom is -0.485 e. The van der Waals surface area contributed by atoms with E-state index in [1.165, 1.54) is 0 Å². The normalized spacial score (nSPS) is 10.2. The molecule has 0 aliphatic carbocycles. The molecule has 6 heteroatoms. The van der Waals surface area contributed by atoms with Gasteiger partial charge in [0.25, 0.3) is 0 Å². The van der Waals surface area contributed by atoms with E-state index in [2.05, 4.69) is 20.6 Å². The van der Waals surface area contributed by atoms with Crippen LogP contribution in [0.25, 0.3) is 0 Å². The van der Waals surface area contributed by atoms with Crippen molar-refractivity contribution in [1.29, 1.82) is 0 Å². The van der Waals surface area contributed by atoms with Crippen LogP contribution in [0, 0.1) is 13.8 Å². The first-order chi connectivity index (χ1) is 8.20. The Bertz CT molecular complexity index is 499. The van der Waals surface area contributed by atoms with E-state index in [0.29, 0.717) is 17.1 Å². The van der Waals surface area contributed by atoms with Crippen LogP contribution in [0.4, 0.5) is 0 Å². The molecule has 0 unspecified atom stereocenters. The molecule has 88 valence electrons. The summed E-state index contributed by atoms with van der Waals surface area (Å²) < 4.78 is 5.51. The van der Waals surface area contributed by atoms with Gasteiger partial charge >= 0.3 is 0 Å². The van der Waals surface area contributed by atoms with Crippen LogP contribution in [0.1, 0.15) is 27.3 Å². The van der Waals surface area contributed by atoms with E-state index in [-0.39, 0.29) is 6.61 Å². The van der Waals surface area contributed by atoms with Crippen molar-refractivity contribution in [3.63, 3.8) is 0 Å². The quantitative estimate of drug-likeness (QED) is 0.801. The molecule has 0 saturated carbocycles. The monoisotopic (exact) mass is 232 g/mol. The Kier molecular flexibility index (Phi) is 3.13. The third-order valence-electron chi connectivity index (χ3n) is 2.44. The number of aromatic amines is 1. The topological polar surface area (TPSA) is 80.8 Å². The first-order valence-corrected chi connectivity index (χ1v) is 5.12. The lowest BCUT2D eigenvalue weighted by Gasteiger charge is -2.08. The lowest BCUT2D eigenvalue weighted by molar-refractivity contribution is 0.112. The van der Waals surface area contributed by atoms with Gasteiger partial charge in [-0.1, -0.05) is 5.21 Å². The predicted molar refractivity (Wildman–Crippen MR) is 59.8 cm³/mol. The summed E-state index contributed by atoms with van der Waals surface area (Å²) >= 11 is 0. The van der Waals surface area contributed by atoms with Gasteiger partial charge in [0.15, 0.2) is 12.9 Å². The number of rotatable bonds is 4. The van der Waals surface area contributed by atoms with Gasteiger partial charge in [0.05, 0.1) is 0 Å². The average molecular weight is 232 g/mol. The van der Waals surface area contributed by atoms with Crippen LogP contribution in [-0.2, 0) is 6.61 Å². The van der Waals surface area contributed by atoms with E-state index in [1.807, 2.05) is 26.0 Å². The molecule has 0 spiro atoms. The number of benzene rings is 1. The molecule has 0 saturated heterocycles. The molecule has 0 aliphatic heterocycles. The van der Waals surface area contributed by atoms with Crippen LogP contribution < -0.4 is 4.74 Å². The van der Waals surface area contributed by atoms with E-state index in [4.69, 9.17) is 4.74 Å². The van der Waals surface area contributed by atoms with Crippen molar-refractivity contribution in [3.8, 4) is 5.75 Å². The van der Waals surface area contributed by atoms with Gasteiger partial charge in [0, 0.05) is 5.56 Å². The number of hydrogen-bond acceptors (Lipinski definition) is 5. The molecular weight excluding hydrogens is 220 g/mol. The number of carbonyl (C=O) groups is 1. The second kappa shape index (κ2) is 4.73. The highest BCUT2D eigenvalue weighted by atomic mass is 16.5. The van der Waals surface area contributed by atoms with E-state index in [0.717, 1.165) is 17.4 Å². The fourth-order valence-corrected chi connectivity index (χ4v) is 1.60. The summed E-state index contributed by atoms with van der Waals surface area (Å²) in [5, 5.41) is 13.3. The molecule has 2 rings (SSSR count). The SMILES string of the molecule is Cc1cc(OCc2nn[nH]n2)cc(C)c1C=O. The lowest BCUT2D eigenvalue weighted by atomic mass is 10.0. The summed E-state index contributed by atoms with van der Waals surface area (Å²) in [5.74, 6) is 1.18. The van der Waals surface area contributed by atoms with Gasteiger partial charge in [-0.15, -0.1) is 10.2 Å². The van der Waals surface area contributed by atoms with E-state index in [9.17, 15) is 4.79 Å². The third-order valence-corrected chi connectivity index (χ3v) is 2.44. The van der Waals surface area contributed by atoms with Crippen molar-refractivity contribution < 1.29 is 9.53 Å². The number of aromatic nitrogens is 4. The number of aldehydes is 1. The molecule has 6 nitrogen and oxygen atoms in total. The standard InChI is InChI=1S/C11H12N4O2/c1-7-3-9(4-8(2)10(7)5-16)17-6-11-12-14-15-13-11/h3-5H,6H2,1-2H3,(H,12,13,14,15). The molecule has 2 aromatic rings. The molecule has 1 aromatic heterocycles. The third kappa shape index (κ3) is 2.47. The van der Waals surface area contributed by atoms with Crippen LogP contribution in [0.5, 0.6) is 5.75 Å². The fourth-order valence-electron chi connectivity index (χ4n) is 1.60. The maximum absolute atomic E-state index is 10.8. The molecule has 17 heavy (non-hydrogen) atoms. The number of hydrogen-bond donors (Lipinski definition) is 1. The summed E-state index contributed by atoms with van der Waals surface area (Å²) in [7, 11) is 0. The lowest BCUT2D eigenvalue weighted by Crippen LogP contribution is -2.00. The van der Waals surface area contributed by atoms with Gasteiger partial charge in [-0.3, -0.25) is 4.79 Å². The van der Waals surface area contributed by atoms with Gasteiger partial charge in [-0.25, -0.2) is 0 Å². The van der Waals surface area contributed by atoms with E-state index < -0.39 is 0 Å². The largest absolute Gasteiger partial charge is 0.485 e. The second-order valence-electron chi connectivity index (χ2n) is 3.71. The Labute approximate surface area is 98.0 Å². The zero-order valence-electron chi connectivity index (χ0n) is 9.60. The first kappa shape index (κ1) is 11.3. The highest BCUT2D eigenvalue weighted by Gasteiger charge is 2.06. The summed E-state index contributed by atoms with van der Waals surface area (Å²) in [6, 6.07) is 3.63. The van der Waals surface area contributed by atoms with Gasteiger partial charge in [-0.05, 0) is 37.1 Å². The maximum atomic E-state index is 10.8. The van der Waals surface area contributed by atoms with Crippen molar-refractivity contribution in [2.24, 2.45) is 0 Å². The van der Waals surface area contributed by atoms with Crippen molar-refractivity contribution in [3.05, 3.63) is 34.6 Å². The number of carbonyl (C=O) groups excluding carboxylic acids is 1. The molecule has 1 N–H and O–H groups in total. The Morgan fingerprint density at radius 3 is 2.59 bits per heavy atom. The highest BCUT2D eigenvalue weighted by Crippen LogP contribution is 2.21. The highest BCUT2D eigenvalue weighted by molar-refractivity contribution is 5.80. The molecular formula is C11H12N4O2. The molecule has 0 fully saturated rings. The van der Waals surface area contributed by atoms with Gasteiger partial charge in [-0.2, -0.15) is 5.21 Å². The molecule has 0 bridgehead atoms. The second-order valence-corrected chi connectivity index (χ2v) is 3.71. The predicted octanol–water partition coefficient (Wildman–Crippen LogP) is 1.21. The molecule has 0 atom stereocenters. The maximum Gasteiger partial charge on any atom is 0.211 e. The molecule has 0 amide bonds. The van der Waals surface area contributed by atoms with Crippen molar-refractivity contribution in [2.45, 2.75) is 20.5 Å². The Morgan fingerprint density at radius 2 is 2.06 bits per heavy atom. The van der Waals surface area contributed by atoms with E-state index in [1.54, 1.807) is 0 Å². The number of H-pyrrole nitrogens is 1. The number of aryl methyl sites for hydroxylation is 2. The minimum atomic E-state index is 0.246. The molecule has 1 aromatic carbocycles. The minimum absolute atomic E-state index is 0.246. The number of nitrogens with one attached hydrogen (secondary N) is 1. The Morgan fingerprint density at radius 1 is 1.35 bits per heavy atom. The van der Waals surface area contributed by atoms with Gasteiger partial charge < -0.3 is 4.74 Å². The van der Waals surface area contributed by atoms with Crippen molar-refractivity contribution >= 4 is 6.29 Å². The van der Waals surface area contributed by atoms with E-state index >= 15 is 0 Å². The first-order valence-electron chi connectivity index (χ1n) is 5.12. The zero-order chi connectivity index (χ0) is 12.3. The summed E-state index contributed by atoms with van der Waals surface area (Å²) in [5.41, 5.74) is 2.49. The Hall–Kier alpha value is -2.24. The van der Waals surface area contributed by atoms with Gasteiger partial charge in [0.2, 0.25) is 5.82 Å². The van der Waals surface area contributed by atoms with Crippen LogP contribution in [-0.4, -0.2) is 26.9 Å². The fraction of sp³-hybridized carbons (Fsp3) is 0.273. The smallest absolute Gasteiger partial charge is 0.211 e. The Balaban J connectivity index is 2.14. The number of tetrazole rings is 1. The number of nitrogens with zero attached hydrogens (tertiary/aromatic N) is 3. The molecule has 0 radical (unpaired) electrons. The summed E-state index contributed by atoms with van der Waals surface area (Å²) in [6.07, 6.45) is 0.855. The van der Waals surface area contributed by atoms with Crippen LogP contribution in [0.3, 0.4) is 0 Å². The van der Waals surface area contributed by atoms with Crippen molar-refractivity contribution in [2.75, 3.05) is 0 Å². The zero-order valence-corrected chi connectivity index (χ0v) is 9.60. The molecule has 0 aliphatic rings. The summed E-state index contributed by atoms with van der Waals surface area (Å²) in [4.78, 5) is 10.8. The average Bonchev–Trinajstić information content (AvgIpc) is 2.79.